The summed E-state index contributed by atoms with van der Waals surface area (Å²) < 4.78 is 2.81. The highest BCUT2D eigenvalue weighted by Gasteiger charge is 2.27. The van der Waals surface area contributed by atoms with Crippen molar-refractivity contribution in [1.29, 1.82) is 5.26 Å². The molecule has 29 heavy (non-hydrogen) atoms. The predicted molar refractivity (Wildman–Crippen MR) is 118 cm³/mol. The van der Waals surface area contributed by atoms with E-state index in [1.807, 2.05) is 30.3 Å². The van der Waals surface area contributed by atoms with Crippen LogP contribution in [0.25, 0.3) is 21.1 Å². The molecule has 1 aliphatic heterocycles. The lowest BCUT2D eigenvalue weighted by Crippen LogP contribution is -2.35. The number of pyridine rings is 1. The van der Waals surface area contributed by atoms with Crippen molar-refractivity contribution in [2.75, 3.05) is 18.0 Å². The second-order valence-corrected chi connectivity index (χ2v) is 8.56. The molecule has 0 bridgehead atoms. The largest absolute Gasteiger partial charge is 0.370 e. The molecule has 1 fully saturated rings. The van der Waals surface area contributed by atoms with Crippen LogP contribution in [0.1, 0.15) is 29.3 Å². The Morgan fingerprint density at radius 1 is 1.10 bits per heavy atom. The topological polar surface area (TPSA) is 61.9 Å². The van der Waals surface area contributed by atoms with E-state index in [0.717, 1.165) is 48.0 Å². The van der Waals surface area contributed by atoms with E-state index in [4.69, 9.17) is 4.98 Å². The molecule has 3 heterocycles. The zero-order valence-corrected chi connectivity index (χ0v) is 16.9. The first-order chi connectivity index (χ1) is 14.2. The van der Waals surface area contributed by atoms with E-state index in [9.17, 15) is 10.1 Å². The lowest BCUT2D eigenvalue weighted by atomic mass is 9.96. The van der Waals surface area contributed by atoms with Crippen LogP contribution in [-0.4, -0.2) is 22.6 Å². The van der Waals surface area contributed by atoms with Crippen molar-refractivity contribution in [2.45, 2.75) is 18.8 Å². The van der Waals surface area contributed by atoms with E-state index in [1.165, 1.54) is 9.71 Å². The summed E-state index contributed by atoms with van der Waals surface area (Å²) in [5.74, 6) is 0.423. The zero-order valence-electron chi connectivity index (χ0n) is 16.1. The van der Waals surface area contributed by atoms with Crippen molar-refractivity contribution >= 4 is 38.1 Å². The third-order valence-corrected chi connectivity index (χ3v) is 7.06. The predicted octanol–water partition coefficient (Wildman–Crippen LogP) is 4.40. The fraction of sp³-hybridized carbons (Fsp3) is 0.261. The fourth-order valence-corrected chi connectivity index (χ4v) is 5.46. The second-order valence-electron chi connectivity index (χ2n) is 7.50. The molecule has 0 N–H and O–H groups in total. The summed E-state index contributed by atoms with van der Waals surface area (Å²) in [5, 5.41) is 11.9. The first-order valence-electron chi connectivity index (χ1n) is 9.79. The van der Waals surface area contributed by atoms with Gasteiger partial charge in [0, 0.05) is 31.4 Å². The van der Waals surface area contributed by atoms with Gasteiger partial charge >= 0.3 is 0 Å². The van der Waals surface area contributed by atoms with E-state index in [-0.39, 0.29) is 11.1 Å². The highest BCUT2D eigenvalue weighted by atomic mass is 32.1. The van der Waals surface area contributed by atoms with Gasteiger partial charge < -0.3 is 9.47 Å². The molecule has 4 aromatic rings. The minimum atomic E-state index is -0.227. The summed E-state index contributed by atoms with van der Waals surface area (Å²) in [6.45, 7) is 1.62. The minimum Gasteiger partial charge on any atom is -0.370 e. The van der Waals surface area contributed by atoms with Crippen molar-refractivity contribution in [3.63, 3.8) is 0 Å². The van der Waals surface area contributed by atoms with Crippen molar-refractivity contribution in [3.05, 3.63) is 69.5 Å². The van der Waals surface area contributed by atoms with Crippen molar-refractivity contribution in [1.82, 2.24) is 9.55 Å². The Kier molecular flexibility index (Phi) is 4.33. The van der Waals surface area contributed by atoms with Crippen LogP contribution in [-0.2, 0) is 7.05 Å². The number of fused-ring (bicyclic) bond motifs is 2. The average molecular weight is 401 g/mol. The number of nitriles is 1. The Morgan fingerprint density at radius 2 is 1.83 bits per heavy atom. The van der Waals surface area contributed by atoms with Gasteiger partial charge in [0.25, 0.3) is 5.56 Å². The first kappa shape index (κ1) is 17.9. The van der Waals surface area contributed by atoms with Gasteiger partial charge in [-0.15, -0.1) is 11.3 Å². The number of benzene rings is 2. The summed E-state index contributed by atoms with van der Waals surface area (Å²) in [7, 11) is 1.73. The minimum absolute atomic E-state index is 0.227. The molecule has 0 atom stereocenters. The van der Waals surface area contributed by atoms with E-state index in [1.54, 1.807) is 23.0 Å². The summed E-state index contributed by atoms with van der Waals surface area (Å²) >= 11 is 1.78. The molecule has 2 aromatic heterocycles. The highest BCUT2D eigenvalue weighted by molar-refractivity contribution is 7.18. The van der Waals surface area contributed by atoms with Gasteiger partial charge in [0.1, 0.15) is 11.6 Å². The van der Waals surface area contributed by atoms with Crippen LogP contribution < -0.4 is 10.5 Å². The number of para-hydroxylation sites is 2. The van der Waals surface area contributed by atoms with Gasteiger partial charge in [-0.25, -0.2) is 4.98 Å². The van der Waals surface area contributed by atoms with Gasteiger partial charge in [0.05, 0.1) is 26.4 Å². The SMILES string of the molecule is Cn1c(=O)c(C#N)c(N2CCC(c3nc4ccccc4s3)CC2)c2ccccc21. The van der Waals surface area contributed by atoms with Gasteiger partial charge in [-0.2, -0.15) is 5.26 Å². The van der Waals surface area contributed by atoms with E-state index in [2.05, 4.69) is 29.2 Å². The smallest absolute Gasteiger partial charge is 0.270 e. The third kappa shape index (κ3) is 2.90. The molecule has 0 spiro atoms. The molecule has 0 amide bonds. The molecule has 1 aliphatic rings. The van der Waals surface area contributed by atoms with Crippen LogP contribution in [0.2, 0.25) is 0 Å². The number of anilines is 1. The van der Waals surface area contributed by atoms with Crippen LogP contribution in [0.3, 0.4) is 0 Å². The molecule has 0 aliphatic carbocycles. The number of aryl methyl sites for hydroxylation is 1. The fourth-order valence-electron chi connectivity index (χ4n) is 4.32. The molecule has 144 valence electrons. The summed E-state index contributed by atoms with van der Waals surface area (Å²) in [6.07, 6.45) is 1.93. The van der Waals surface area contributed by atoms with E-state index >= 15 is 0 Å². The molecule has 0 unspecified atom stereocenters. The normalized spacial score (nSPS) is 15.1. The standard InChI is InChI=1S/C23H20N4OS/c1-26-19-8-4-2-6-16(19)21(17(14-24)23(26)28)27-12-10-15(11-13-27)22-25-18-7-3-5-9-20(18)29-22/h2-9,15H,10-13H2,1H3. The number of thiazole rings is 1. The Labute approximate surface area is 172 Å². The van der Waals surface area contributed by atoms with Crippen molar-refractivity contribution < 1.29 is 0 Å². The molecule has 5 nitrogen and oxygen atoms in total. The Bertz CT molecular complexity index is 1290. The number of rotatable bonds is 2. The molecule has 6 heteroatoms. The number of aromatic nitrogens is 2. The van der Waals surface area contributed by atoms with Gasteiger partial charge in [0.2, 0.25) is 0 Å². The maximum atomic E-state index is 12.8. The van der Waals surface area contributed by atoms with Crippen molar-refractivity contribution in [2.24, 2.45) is 7.05 Å². The third-order valence-electron chi connectivity index (χ3n) is 5.86. The van der Waals surface area contributed by atoms with Crippen LogP contribution in [0.15, 0.2) is 53.3 Å². The Balaban J connectivity index is 1.49. The van der Waals surface area contributed by atoms with Crippen LogP contribution in [0.5, 0.6) is 0 Å². The maximum Gasteiger partial charge on any atom is 0.270 e. The Morgan fingerprint density at radius 3 is 2.59 bits per heavy atom. The summed E-state index contributed by atoms with van der Waals surface area (Å²) in [6, 6.07) is 18.3. The van der Waals surface area contributed by atoms with E-state index in [0.29, 0.717) is 5.92 Å². The first-order valence-corrected chi connectivity index (χ1v) is 10.6. The van der Waals surface area contributed by atoms with Gasteiger partial charge in [0.15, 0.2) is 0 Å². The second kappa shape index (κ2) is 7.02. The van der Waals surface area contributed by atoms with Crippen LogP contribution >= 0.6 is 11.3 Å². The van der Waals surface area contributed by atoms with Gasteiger partial charge in [-0.05, 0) is 31.0 Å². The maximum absolute atomic E-state index is 12.8. The average Bonchev–Trinajstić information content (AvgIpc) is 3.20. The lowest BCUT2D eigenvalue weighted by Gasteiger charge is -2.34. The lowest BCUT2D eigenvalue weighted by molar-refractivity contribution is 0.504. The number of hydrogen-bond donors (Lipinski definition) is 0. The molecule has 5 rings (SSSR count). The Hall–Kier alpha value is -3.17. The zero-order chi connectivity index (χ0) is 20.0. The number of piperidine rings is 1. The molecule has 1 saturated heterocycles. The molecular formula is C23H20N4OS. The highest BCUT2D eigenvalue weighted by Crippen LogP contribution is 2.37. The molecule has 0 saturated carbocycles. The van der Waals surface area contributed by atoms with Gasteiger partial charge in [-0.1, -0.05) is 30.3 Å². The van der Waals surface area contributed by atoms with E-state index < -0.39 is 0 Å². The van der Waals surface area contributed by atoms with Crippen LogP contribution in [0, 0.1) is 11.3 Å². The molecule has 2 aromatic carbocycles. The van der Waals surface area contributed by atoms with Crippen molar-refractivity contribution in [3.8, 4) is 6.07 Å². The number of nitrogens with zero attached hydrogens (tertiary/aromatic N) is 4. The molecule has 0 radical (unpaired) electrons. The quantitative estimate of drug-likeness (QED) is 0.500. The monoisotopic (exact) mass is 400 g/mol. The van der Waals surface area contributed by atoms with Gasteiger partial charge in [-0.3, -0.25) is 4.79 Å². The number of hydrogen-bond acceptors (Lipinski definition) is 5. The summed E-state index contributed by atoms with van der Waals surface area (Å²) in [4.78, 5) is 19.8. The molecular weight excluding hydrogens is 380 g/mol. The summed E-state index contributed by atoms with van der Waals surface area (Å²) in [5.41, 5.74) is 2.73. The van der Waals surface area contributed by atoms with Crippen LogP contribution in [0.4, 0.5) is 5.69 Å².